The van der Waals surface area contributed by atoms with Gasteiger partial charge >= 0.3 is 0 Å². The molecule has 0 saturated carbocycles. The van der Waals surface area contributed by atoms with Crippen LogP contribution in [0.4, 0.5) is 0 Å². The Morgan fingerprint density at radius 2 is 2.22 bits per heavy atom. The topological polar surface area (TPSA) is 46.5 Å². The Morgan fingerprint density at radius 3 is 2.67 bits per heavy atom. The van der Waals surface area contributed by atoms with E-state index in [9.17, 15) is 9.59 Å². The van der Waals surface area contributed by atoms with Crippen molar-refractivity contribution in [2.24, 2.45) is 4.99 Å². The van der Waals surface area contributed by atoms with Crippen molar-refractivity contribution >= 4 is 27.8 Å². The number of rotatable bonds is 0. The summed E-state index contributed by atoms with van der Waals surface area (Å²) in [6.07, 6.45) is -0.0397. The highest BCUT2D eigenvalue weighted by Crippen LogP contribution is 2.14. The Kier molecular flexibility index (Phi) is 1.66. The number of hydrogen-bond donors (Lipinski definition) is 0. The fourth-order valence-electron chi connectivity index (χ4n) is 0.562. The third kappa shape index (κ3) is 1.64. The average molecular weight is 143 g/mol. The highest BCUT2D eigenvalue weighted by atomic mass is 32.2. The number of hydrogen-bond acceptors (Lipinski definition) is 3. The van der Waals surface area contributed by atoms with Crippen molar-refractivity contribution in [2.45, 2.75) is 13.3 Å². The molecule has 0 aliphatic carbocycles. The van der Waals surface area contributed by atoms with Gasteiger partial charge in [0.15, 0.2) is 0 Å². The second-order valence-corrected chi connectivity index (χ2v) is 2.93. The molecule has 1 aliphatic heterocycles. The minimum Gasteiger partial charge on any atom is -0.286 e. The van der Waals surface area contributed by atoms with Crippen LogP contribution in [0, 0.1) is 0 Å². The molecule has 0 N–H and O–H groups in total. The lowest BCUT2D eigenvalue weighted by atomic mass is 10.4. The molecule has 9 heavy (non-hydrogen) atoms. The summed E-state index contributed by atoms with van der Waals surface area (Å²) in [6.45, 7) is 1.65. The van der Waals surface area contributed by atoms with E-state index in [1.165, 1.54) is 0 Å². The number of aliphatic imine (C=N–C) groups is 1. The molecule has 3 nitrogen and oxygen atoms in total. The molecule has 1 rings (SSSR count). The Bertz CT molecular complexity index is 197. The molecule has 0 aromatic rings. The van der Waals surface area contributed by atoms with E-state index in [0.29, 0.717) is 5.04 Å². The molecule has 0 spiro atoms. The van der Waals surface area contributed by atoms with E-state index in [1.54, 1.807) is 6.92 Å². The highest BCUT2D eigenvalue weighted by molar-refractivity contribution is 8.26. The molecule has 1 heterocycles. The second kappa shape index (κ2) is 2.31. The average Bonchev–Trinajstić information content (AvgIpc) is 1.59. The fourth-order valence-corrected chi connectivity index (χ4v) is 1.23. The summed E-state index contributed by atoms with van der Waals surface area (Å²) < 4.78 is 0. The van der Waals surface area contributed by atoms with Gasteiger partial charge < -0.3 is 0 Å². The van der Waals surface area contributed by atoms with E-state index in [2.05, 4.69) is 4.99 Å². The minimum absolute atomic E-state index is 0.0397. The number of carbonyl (C=O) groups excluding carboxylic acids is 2. The highest BCUT2D eigenvalue weighted by Gasteiger charge is 2.16. The maximum atomic E-state index is 10.5. The molecule has 0 aromatic carbocycles. The standard InChI is InChI=1S/C5H5NO2S/c1-3-6-4(7)2-5(8)9-3/h2H2,1H3. The molecule has 0 unspecified atom stereocenters. The van der Waals surface area contributed by atoms with Crippen LogP contribution >= 0.6 is 11.8 Å². The van der Waals surface area contributed by atoms with Crippen molar-refractivity contribution in [1.29, 1.82) is 0 Å². The number of thioether (sulfide) groups is 1. The van der Waals surface area contributed by atoms with Gasteiger partial charge in [0, 0.05) is 0 Å². The first-order valence-electron chi connectivity index (χ1n) is 2.47. The maximum absolute atomic E-state index is 10.5. The molecular weight excluding hydrogens is 138 g/mol. The summed E-state index contributed by atoms with van der Waals surface area (Å²) in [5, 5.41) is 0.448. The summed E-state index contributed by atoms with van der Waals surface area (Å²) in [5.74, 6) is -0.323. The molecule has 0 saturated heterocycles. The molecule has 0 fully saturated rings. The van der Waals surface area contributed by atoms with Crippen LogP contribution in [0.25, 0.3) is 0 Å². The van der Waals surface area contributed by atoms with Crippen LogP contribution in [0.3, 0.4) is 0 Å². The van der Waals surface area contributed by atoms with Gasteiger partial charge in [-0.3, -0.25) is 9.59 Å². The van der Waals surface area contributed by atoms with E-state index in [4.69, 9.17) is 0 Å². The van der Waals surface area contributed by atoms with Crippen LogP contribution in [0.1, 0.15) is 13.3 Å². The van der Waals surface area contributed by atoms with Crippen molar-refractivity contribution in [3.05, 3.63) is 0 Å². The van der Waals surface area contributed by atoms with Crippen molar-refractivity contribution < 1.29 is 9.59 Å². The first kappa shape index (κ1) is 6.48. The first-order chi connectivity index (χ1) is 4.18. The van der Waals surface area contributed by atoms with Gasteiger partial charge in [0.2, 0.25) is 5.12 Å². The molecule has 0 atom stereocenters. The van der Waals surface area contributed by atoms with Crippen molar-refractivity contribution in [3.8, 4) is 0 Å². The third-order valence-corrected chi connectivity index (χ3v) is 1.60. The van der Waals surface area contributed by atoms with E-state index < -0.39 is 0 Å². The molecular formula is C5H5NO2S. The Balaban J connectivity index is 2.79. The van der Waals surface area contributed by atoms with Crippen LogP contribution in [0.15, 0.2) is 4.99 Å². The normalized spacial score (nSPS) is 19.9. The van der Waals surface area contributed by atoms with Gasteiger partial charge in [-0.15, -0.1) is 0 Å². The summed E-state index contributed by atoms with van der Waals surface area (Å²) in [7, 11) is 0. The smallest absolute Gasteiger partial charge is 0.254 e. The van der Waals surface area contributed by atoms with Crippen LogP contribution in [0.5, 0.6) is 0 Å². The Morgan fingerprint density at radius 1 is 1.56 bits per heavy atom. The zero-order valence-corrected chi connectivity index (χ0v) is 5.70. The summed E-state index contributed by atoms with van der Waals surface area (Å²) in [5.41, 5.74) is 0. The van der Waals surface area contributed by atoms with Crippen LogP contribution in [-0.2, 0) is 9.59 Å². The monoisotopic (exact) mass is 143 g/mol. The zero-order chi connectivity index (χ0) is 6.85. The molecule has 0 radical (unpaired) electrons. The van der Waals surface area contributed by atoms with E-state index in [-0.39, 0.29) is 17.4 Å². The number of nitrogens with zero attached hydrogens (tertiary/aromatic N) is 1. The van der Waals surface area contributed by atoms with E-state index >= 15 is 0 Å². The van der Waals surface area contributed by atoms with Gasteiger partial charge in [0.25, 0.3) is 5.91 Å². The molecule has 4 heteroatoms. The third-order valence-electron chi connectivity index (χ3n) is 0.839. The maximum Gasteiger partial charge on any atom is 0.254 e. The van der Waals surface area contributed by atoms with Crippen LogP contribution < -0.4 is 0 Å². The molecule has 1 amide bonds. The quantitative estimate of drug-likeness (QED) is 0.466. The predicted octanol–water partition coefficient (Wildman–Crippen LogP) is 0.595. The summed E-state index contributed by atoms with van der Waals surface area (Å²) in [4.78, 5) is 24.6. The lowest BCUT2D eigenvalue weighted by molar-refractivity contribution is -0.122. The van der Waals surface area contributed by atoms with Crippen LogP contribution in [-0.4, -0.2) is 16.1 Å². The Hall–Kier alpha value is -0.640. The lowest BCUT2D eigenvalue weighted by Crippen LogP contribution is -2.10. The minimum atomic E-state index is -0.323. The second-order valence-electron chi connectivity index (χ2n) is 1.68. The van der Waals surface area contributed by atoms with Crippen molar-refractivity contribution in [1.82, 2.24) is 0 Å². The van der Waals surface area contributed by atoms with Gasteiger partial charge in [-0.25, -0.2) is 4.99 Å². The van der Waals surface area contributed by atoms with E-state index in [1.807, 2.05) is 0 Å². The first-order valence-corrected chi connectivity index (χ1v) is 3.29. The predicted molar refractivity (Wildman–Crippen MR) is 35.3 cm³/mol. The molecule has 48 valence electrons. The van der Waals surface area contributed by atoms with Gasteiger partial charge in [0.05, 0.1) is 11.5 Å². The lowest BCUT2D eigenvalue weighted by Gasteiger charge is -2.02. The van der Waals surface area contributed by atoms with Crippen molar-refractivity contribution in [3.63, 3.8) is 0 Å². The van der Waals surface area contributed by atoms with E-state index in [0.717, 1.165) is 11.8 Å². The molecule has 0 aromatic heterocycles. The largest absolute Gasteiger partial charge is 0.286 e. The molecule has 0 bridgehead atoms. The Labute approximate surface area is 56.5 Å². The SMILES string of the molecule is CC1=NC(=O)CC(=O)S1. The summed E-state index contributed by atoms with van der Waals surface area (Å²) in [6, 6.07) is 0. The van der Waals surface area contributed by atoms with Gasteiger partial charge in [-0.05, 0) is 18.7 Å². The van der Waals surface area contributed by atoms with Crippen LogP contribution in [0.2, 0.25) is 0 Å². The summed E-state index contributed by atoms with van der Waals surface area (Å²) >= 11 is 1.04. The van der Waals surface area contributed by atoms with Gasteiger partial charge in [0.1, 0.15) is 0 Å². The van der Waals surface area contributed by atoms with Crippen molar-refractivity contribution in [2.75, 3.05) is 0 Å². The fraction of sp³-hybridized carbons (Fsp3) is 0.400. The number of amides is 1. The number of carbonyl (C=O) groups is 2. The molecule has 1 aliphatic rings. The van der Waals surface area contributed by atoms with Gasteiger partial charge in [-0.2, -0.15) is 0 Å². The van der Waals surface area contributed by atoms with Gasteiger partial charge in [-0.1, -0.05) is 0 Å². The zero-order valence-electron chi connectivity index (χ0n) is 4.88.